The third-order valence-electron chi connectivity index (χ3n) is 2.38. The molecular weight excluding hydrogens is 314 g/mol. The second-order valence-electron chi connectivity index (χ2n) is 3.66. The number of halogens is 2. The van der Waals surface area contributed by atoms with Gasteiger partial charge in [-0.2, -0.15) is 5.26 Å². The minimum atomic E-state index is 0.553. The summed E-state index contributed by atoms with van der Waals surface area (Å²) in [5, 5.41) is 12.7. The molecule has 0 spiro atoms. The van der Waals surface area contributed by atoms with Gasteiger partial charge in [0, 0.05) is 9.50 Å². The quantitative estimate of drug-likeness (QED) is 0.810. The van der Waals surface area contributed by atoms with Gasteiger partial charge in [0.2, 0.25) is 0 Å². The average Bonchev–Trinajstić information content (AvgIpc) is 2.35. The van der Waals surface area contributed by atoms with E-state index >= 15 is 0 Å². The number of nitrogens with two attached hydrogens (primary N) is 1. The van der Waals surface area contributed by atoms with Crippen molar-refractivity contribution in [2.45, 2.75) is 0 Å². The summed E-state index contributed by atoms with van der Waals surface area (Å²) in [6.45, 7) is 0. The SMILES string of the molecule is N#Cc1ccc(N)c(Nc2ccc(Cl)cc2Br)c1. The van der Waals surface area contributed by atoms with Crippen LogP contribution in [0.5, 0.6) is 0 Å². The van der Waals surface area contributed by atoms with Crippen LogP contribution in [-0.2, 0) is 0 Å². The minimum absolute atomic E-state index is 0.553. The molecule has 0 aliphatic rings. The number of nitrogens with one attached hydrogen (secondary N) is 1. The van der Waals surface area contributed by atoms with Crippen LogP contribution >= 0.6 is 27.5 Å². The second-order valence-corrected chi connectivity index (χ2v) is 4.95. The Labute approximate surface area is 118 Å². The molecule has 0 fully saturated rings. The molecule has 5 heteroatoms. The fourth-order valence-corrected chi connectivity index (χ4v) is 2.25. The van der Waals surface area contributed by atoms with Crippen LogP contribution in [0.1, 0.15) is 5.56 Å². The van der Waals surface area contributed by atoms with Crippen molar-refractivity contribution in [3.8, 4) is 6.07 Å². The molecular formula is C13H9BrClN3. The Balaban J connectivity index is 2.37. The van der Waals surface area contributed by atoms with Gasteiger partial charge in [-0.25, -0.2) is 0 Å². The smallest absolute Gasteiger partial charge is 0.0992 e. The van der Waals surface area contributed by atoms with E-state index in [0.717, 1.165) is 10.2 Å². The van der Waals surface area contributed by atoms with Gasteiger partial charge in [0.05, 0.1) is 28.7 Å². The highest BCUT2D eigenvalue weighted by Gasteiger charge is 2.05. The van der Waals surface area contributed by atoms with Crippen molar-refractivity contribution in [1.29, 1.82) is 5.26 Å². The number of nitrogen functional groups attached to an aromatic ring is 1. The fraction of sp³-hybridized carbons (Fsp3) is 0. The maximum absolute atomic E-state index is 8.86. The fourth-order valence-electron chi connectivity index (χ4n) is 1.47. The van der Waals surface area contributed by atoms with Gasteiger partial charge in [-0.05, 0) is 52.3 Å². The van der Waals surface area contributed by atoms with Gasteiger partial charge in [-0.1, -0.05) is 11.6 Å². The number of benzene rings is 2. The number of nitrogens with zero attached hydrogens (tertiary/aromatic N) is 1. The summed E-state index contributed by atoms with van der Waals surface area (Å²) in [4.78, 5) is 0. The van der Waals surface area contributed by atoms with Crippen LogP contribution in [0.2, 0.25) is 5.02 Å². The topological polar surface area (TPSA) is 61.8 Å². The summed E-state index contributed by atoms with van der Waals surface area (Å²) >= 11 is 9.29. The van der Waals surface area contributed by atoms with Crippen molar-refractivity contribution in [3.05, 3.63) is 51.5 Å². The maximum atomic E-state index is 8.86. The molecule has 2 aromatic carbocycles. The Hall–Kier alpha value is -1.70. The lowest BCUT2D eigenvalue weighted by molar-refractivity contribution is 1.47. The Morgan fingerprint density at radius 3 is 2.61 bits per heavy atom. The zero-order valence-electron chi connectivity index (χ0n) is 9.24. The first-order valence-electron chi connectivity index (χ1n) is 5.12. The predicted octanol–water partition coefficient (Wildman–Crippen LogP) is 4.30. The molecule has 0 heterocycles. The van der Waals surface area contributed by atoms with Gasteiger partial charge in [-0.3, -0.25) is 0 Å². The third kappa shape index (κ3) is 2.76. The van der Waals surface area contributed by atoms with Crippen molar-refractivity contribution in [2.75, 3.05) is 11.1 Å². The zero-order valence-corrected chi connectivity index (χ0v) is 11.6. The number of nitriles is 1. The Bertz CT molecular complexity index is 635. The molecule has 0 aromatic heterocycles. The second kappa shape index (κ2) is 5.30. The average molecular weight is 323 g/mol. The summed E-state index contributed by atoms with van der Waals surface area (Å²) in [6, 6.07) is 12.6. The molecule has 3 N–H and O–H groups in total. The first-order valence-corrected chi connectivity index (χ1v) is 6.29. The molecule has 0 aliphatic heterocycles. The molecule has 0 unspecified atom stereocenters. The van der Waals surface area contributed by atoms with Crippen molar-refractivity contribution >= 4 is 44.6 Å². The number of anilines is 3. The molecule has 0 aliphatic carbocycles. The van der Waals surface area contributed by atoms with Crippen molar-refractivity contribution < 1.29 is 0 Å². The maximum Gasteiger partial charge on any atom is 0.0992 e. The Kier molecular flexibility index (Phi) is 3.75. The molecule has 18 heavy (non-hydrogen) atoms. The normalized spacial score (nSPS) is 9.83. The first kappa shape index (κ1) is 12.7. The highest BCUT2D eigenvalue weighted by atomic mass is 79.9. The van der Waals surface area contributed by atoms with Crippen LogP contribution in [0.3, 0.4) is 0 Å². The van der Waals surface area contributed by atoms with Crippen molar-refractivity contribution in [2.24, 2.45) is 0 Å². The molecule has 2 rings (SSSR count). The van der Waals surface area contributed by atoms with E-state index in [9.17, 15) is 0 Å². The van der Waals surface area contributed by atoms with Crippen molar-refractivity contribution in [1.82, 2.24) is 0 Å². The molecule has 2 aromatic rings. The van der Waals surface area contributed by atoms with E-state index in [2.05, 4.69) is 27.3 Å². The molecule has 0 bridgehead atoms. The Morgan fingerprint density at radius 1 is 1.17 bits per heavy atom. The molecule has 90 valence electrons. The molecule has 0 saturated heterocycles. The van der Waals surface area contributed by atoms with Gasteiger partial charge in [0.15, 0.2) is 0 Å². The molecule has 0 amide bonds. The highest BCUT2D eigenvalue weighted by molar-refractivity contribution is 9.10. The van der Waals surface area contributed by atoms with Gasteiger partial charge in [0.1, 0.15) is 0 Å². The van der Waals surface area contributed by atoms with Crippen LogP contribution in [-0.4, -0.2) is 0 Å². The first-order chi connectivity index (χ1) is 8.60. The monoisotopic (exact) mass is 321 g/mol. The van der Waals surface area contributed by atoms with Crippen LogP contribution in [0.4, 0.5) is 17.1 Å². The van der Waals surface area contributed by atoms with Crippen LogP contribution in [0, 0.1) is 11.3 Å². The van der Waals surface area contributed by atoms with E-state index in [0.29, 0.717) is 22.0 Å². The molecule has 0 saturated carbocycles. The number of hydrogen-bond donors (Lipinski definition) is 2. The Morgan fingerprint density at radius 2 is 1.94 bits per heavy atom. The number of rotatable bonds is 2. The summed E-state index contributed by atoms with van der Waals surface area (Å²) in [5.41, 5.74) is 8.52. The van der Waals surface area contributed by atoms with E-state index in [-0.39, 0.29) is 0 Å². The minimum Gasteiger partial charge on any atom is -0.397 e. The summed E-state index contributed by atoms with van der Waals surface area (Å²) < 4.78 is 0.830. The van der Waals surface area contributed by atoms with E-state index in [1.165, 1.54) is 0 Å². The van der Waals surface area contributed by atoms with E-state index in [1.807, 2.05) is 6.07 Å². The molecule has 0 atom stereocenters. The van der Waals surface area contributed by atoms with Crippen LogP contribution in [0.15, 0.2) is 40.9 Å². The summed E-state index contributed by atoms with van der Waals surface area (Å²) in [7, 11) is 0. The standard InChI is InChI=1S/C13H9BrClN3/c14-10-6-9(15)2-4-12(10)18-13-5-8(7-16)1-3-11(13)17/h1-6,18H,17H2. The van der Waals surface area contributed by atoms with Gasteiger partial charge >= 0.3 is 0 Å². The van der Waals surface area contributed by atoms with Gasteiger partial charge in [-0.15, -0.1) is 0 Å². The summed E-state index contributed by atoms with van der Waals surface area (Å²) in [6.07, 6.45) is 0. The van der Waals surface area contributed by atoms with E-state index < -0.39 is 0 Å². The predicted molar refractivity (Wildman–Crippen MR) is 78.0 cm³/mol. The van der Waals surface area contributed by atoms with E-state index in [4.69, 9.17) is 22.6 Å². The zero-order chi connectivity index (χ0) is 13.1. The molecule has 3 nitrogen and oxygen atoms in total. The molecule has 0 radical (unpaired) electrons. The lowest BCUT2D eigenvalue weighted by atomic mass is 10.2. The van der Waals surface area contributed by atoms with Gasteiger partial charge in [0.25, 0.3) is 0 Å². The van der Waals surface area contributed by atoms with Crippen molar-refractivity contribution in [3.63, 3.8) is 0 Å². The number of hydrogen-bond acceptors (Lipinski definition) is 3. The third-order valence-corrected chi connectivity index (χ3v) is 3.27. The van der Waals surface area contributed by atoms with Crippen LogP contribution < -0.4 is 11.1 Å². The largest absolute Gasteiger partial charge is 0.397 e. The van der Waals surface area contributed by atoms with Crippen LogP contribution in [0.25, 0.3) is 0 Å². The highest BCUT2D eigenvalue weighted by Crippen LogP contribution is 2.31. The lowest BCUT2D eigenvalue weighted by Crippen LogP contribution is -1.97. The lowest BCUT2D eigenvalue weighted by Gasteiger charge is -2.11. The van der Waals surface area contributed by atoms with E-state index in [1.54, 1.807) is 30.3 Å². The summed E-state index contributed by atoms with van der Waals surface area (Å²) in [5.74, 6) is 0. The van der Waals surface area contributed by atoms with Gasteiger partial charge < -0.3 is 11.1 Å².